The minimum absolute atomic E-state index is 0.00660. The lowest BCUT2D eigenvalue weighted by molar-refractivity contribution is -0.137. The van der Waals surface area contributed by atoms with Crippen LogP contribution in [0.3, 0.4) is 0 Å². The van der Waals surface area contributed by atoms with Crippen molar-refractivity contribution >= 4 is 23.4 Å². The zero-order valence-corrected chi connectivity index (χ0v) is 24.3. The van der Waals surface area contributed by atoms with E-state index in [2.05, 4.69) is 5.32 Å². The van der Waals surface area contributed by atoms with Crippen LogP contribution in [-0.2, 0) is 17.4 Å². The average molecular weight is 625 g/mol. The molecule has 228 valence electrons. The summed E-state index contributed by atoms with van der Waals surface area (Å²) in [7, 11) is 0. The first kappa shape index (κ1) is 31.1. The second-order valence-corrected chi connectivity index (χ2v) is 11.2. The van der Waals surface area contributed by atoms with Gasteiger partial charge in [0.1, 0.15) is 17.6 Å². The molecule has 5 nitrogen and oxygen atoms in total. The number of carbonyl (C=O) groups is 2. The minimum atomic E-state index is -4.48. The Labute approximate surface area is 257 Å². The molecule has 1 heterocycles. The molecular formula is C34H29ClF4N2O3. The van der Waals surface area contributed by atoms with E-state index >= 15 is 0 Å². The van der Waals surface area contributed by atoms with Crippen LogP contribution in [0.2, 0.25) is 5.02 Å². The van der Waals surface area contributed by atoms with Gasteiger partial charge in [0.15, 0.2) is 0 Å². The van der Waals surface area contributed by atoms with Crippen LogP contribution >= 0.6 is 11.6 Å². The van der Waals surface area contributed by atoms with Crippen LogP contribution in [0.4, 0.5) is 17.6 Å². The van der Waals surface area contributed by atoms with Gasteiger partial charge in [0.2, 0.25) is 5.91 Å². The third-order valence-electron chi connectivity index (χ3n) is 7.70. The first-order chi connectivity index (χ1) is 21.0. The molecule has 0 bridgehead atoms. The number of hydrogen-bond donors (Lipinski definition) is 2. The number of amides is 2. The third kappa shape index (κ3) is 7.22. The van der Waals surface area contributed by atoms with Gasteiger partial charge in [-0.15, -0.1) is 0 Å². The van der Waals surface area contributed by atoms with Crippen molar-refractivity contribution in [2.75, 3.05) is 13.1 Å². The maximum Gasteiger partial charge on any atom is 0.416 e. The van der Waals surface area contributed by atoms with Crippen LogP contribution in [0, 0.1) is 5.82 Å². The molecule has 0 aromatic heterocycles. The summed E-state index contributed by atoms with van der Waals surface area (Å²) in [5.41, 5.74) is 2.23. The van der Waals surface area contributed by atoms with E-state index in [1.54, 1.807) is 11.0 Å². The zero-order valence-electron chi connectivity index (χ0n) is 23.5. The fourth-order valence-corrected chi connectivity index (χ4v) is 5.45. The second-order valence-electron chi connectivity index (χ2n) is 10.7. The topological polar surface area (TPSA) is 69.6 Å². The molecule has 1 aliphatic heterocycles. The van der Waals surface area contributed by atoms with Crippen molar-refractivity contribution in [2.45, 2.75) is 37.9 Å². The number of alkyl halides is 3. The quantitative estimate of drug-likeness (QED) is 0.206. The number of phenolic OH excluding ortho intramolecular Hbond substituents is 1. The van der Waals surface area contributed by atoms with Crippen LogP contribution in [-0.4, -0.2) is 41.0 Å². The summed E-state index contributed by atoms with van der Waals surface area (Å²) in [6.45, 7) is 1.15. The molecule has 1 saturated heterocycles. The summed E-state index contributed by atoms with van der Waals surface area (Å²) < 4.78 is 52.6. The van der Waals surface area contributed by atoms with E-state index in [9.17, 15) is 32.3 Å². The number of phenols is 1. The summed E-state index contributed by atoms with van der Waals surface area (Å²) in [4.78, 5) is 28.8. The highest BCUT2D eigenvalue weighted by Gasteiger charge is 2.31. The number of benzene rings is 4. The lowest BCUT2D eigenvalue weighted by Gasteiger charge is -2.31. The molecule has 0 saturated carbocycles. The number of aromatic hydroxyl groups is 1. The van der Waals surface area contributed by atoms with Crippen LogP contribution in [0.1, 0.15) is 40.7 Å². The Kier molecular flexibility index (Phi) is 9.25. The molecule has 1 aliphatic rings. The normalized spacial score (nSPS) is 14.2. The average Bonchev–Trinajstić information content (AvgIpc) is 3.02. The smallest absolute Gasteiger partial charge is 0.416 e. The molecule has 0 spiro atoms. The van der Waals surface area contributed by atoms with E-state index in [1.165, 1.54) is 42.5 Å². The van der Waals surface area contributed by atoms with Crippen molar-refractivity contribution in [3.8, 4) is 28.0 Å². The summed E-state index contributed by atoms with van der Waals surface area (Å²) >= 11 is 5.93. The van der Waals surface area contributed by atoms with E-state index in [1.807, 2.05) is 24.3 Å². The Hall–Kier alpha value is -4.37. The number of nitrogens with zero attached hydrogens (tertiary/aromatic N) is 1. The molecule has 2 N–H and O–H groups in total. The summed E-state index contributed by atoms with van der Waals surface area (Å²) in [5.74, 6) is -1.78. The largest absolute Gasteiger partial charge is 0.507 e. The summed E-state index contributed by atoms with van der Waals surface area (Å²) in [6, 6.07) is 19.4. The fourth-order valence-electron chi connectivity index (χ4n) is 5.26. The van der Waals surface area contributed by atoms with Gasteiger partial charge in [0, 0.05) is 19.5 Å². The lowest BCUT2D eigenvalue weighted by Crippen LogP contribution is -2.51. The van der Waals surface area contributed by atoms with E-state index in [4.69, 9.17) is 11.6 Å². The second kappa shape index (κ2) is 13.1. The van der Waals surface area contributed by atoms with Crippen LogP contribution in [0.25, 0.3) is 22.3 Å². The summed E-state index contributed by atoms with van der Waals surface area (Å²) in [6.07, 6.45) is -1.58. The van der Waals surface area contributed by atoms with E-state index < -0.39 is 29.5 Å². The zero-order chi connectivity index (χ0) is 31.4. The molecular weight excluding hydrogens is 596 g/mol. The number of hydrogen-bond acceptors (Lipinski definition) is 3. The number of rotatable bonds is 7. The van der Waals surface area contributed by atoms with Gasteiger partial charge in [0.05, 0.1) is 16.1 Å². The summed E-state index contributed by atoms with van der Waals surface area (Å²) in [5, 5.41) is 13.3. The number of nitrogens with one attached hydrogen (secondary N) is 1. The van der Waals surface area contributed by atoms with Gasteiger partial charge in [-0.3, -0.25) is 9.59 Å². The molecule has 1 atom stereocenters. The highest BCUT2D eigenvalue weighted by atomic mass is 35.5. The number of piperidine rings is 1. The maximum absolute atomic E-state index is 13.6. The van der Waals surface area contributed by atoms with Crippen molar-refractivity contribution in [1.82, 2.24) is 10.2 Å². The molecule has 0 aliphatic carbocycles. The molecule has 1 fully saturated rings. The predicted molar refractivity (Wildman–Crippen MR) is 161 cm³/mol. The van der Waals surface area contributed by atoms with Crippen LogP contribution in [0.5, 0.6) is 5.75 Å². The highest BCUT2D eigenvalue weighted by Crippen LogP contribution is 2.32. The molecule has 0 radical (unpaired) electrons. The van der Waals surface area contributed by atoms with Gasteiger partial charge in [-0.2, -0.15) is 13.2 Å². The highest BCUT2D eigenvalue weighted by molar-refractivity contribution is 6.31. The van der Waals surface area contributed by atoms with Gasteiger partial charge in [-0.1, -0.05) is 60.1 Å². The molecule has 5 rings (SSSR count). The minimum Gasteiger partial charge on any atom is -0.507 e. The van der Waals surface area contributed by atoms with Crippen molar-refractivity contribution in [3.63, 3.8) is 0 Å². The van der Waals surface area contributed by atoms with Crippen molar-refractivity contribution in [3.05, 3.63) is 112 Å². The first-order valence-corrected chi connectivity index (χ1v) is 14.5. The number of carbonyl (C=O) groups excluding carboxylic acids is 2. The third-order valence-corrected chi connectivity index (χ3v) is 7.99. The van der Waals surface area contributed by atoms with Gasteiger partial charge in [-0.25, -0.2) is 4.39 Å². The van der Waals surface area contributed by atoms with Gasteiger partial charge < -0.3 is 15.3 Å². The molecule has 0 unspecified atom stereocenters. The van der Waals surface area contributed by atoms with Crippen LogP contribution in [0.15, 0.2) is 84.9 Å². The van der Waals surface area contributed by atoms with Gasteiger partial charge >= 0.3 is 6.18 Å². The first-order valence-electron chi connectivity index (χ1n) is 14.1. The molecule has 4 aromatic rings. The molecule has 2 amide bonds. The Morgan fingerprint density at radius 1 is 0.818 bits per heavy atom. The monoisotopic (exact) mass is 624 g/mol. The van der Waals surface area contributed by atoms with Gasteiger partial charge in [-0.05, 0) is 83.5 Å². The Morgan fingerprint density at radius 2 is 1.39 bits per heavy atom. The molecule has 44 heavy (non-hydrogen) atoms. The number of halogens is 5. The van der Waals surface area contributed by atoms with Crippen molar-refractivity contribution in [1.29, 1.82) is 0 Å². The van der Waals surface area contributed by atoms with E-state index in [-0.39, 0.29) is 28.7 Å². The standard InChI is InChI=1S/C34H29ClF4N2O3/c35-28-20-25(10-14-29(28)36)22-6-4-21(5-7-22)18-30(33(44)41-16-2-1-3-17-41)40-32(43)27-19-24(11-15-31(27)42)23-8-12-26(13-9-23)34(37,38)39/h4-15,19-20,30,42H,1-3,16-18H2,(H,40,43)/t30-/m0/s1. The van der Waals surface area contributed by atoms with Gasteiger partial charge in [0.25, 0.3) is 5.91 Å². The van der Waals surface area contributed by atoms with E-state index in [0.29, 0.717) is 24.2 Å². The van der Waals surface area contributed by atoms with Crippen LogP contribution < -0.4 is 5.32 Å². The predicted octanol–water partition coefficient (Wildman–Crippen LogP) is 7.89. The Morgan fingerprint density at radius 3 is 2.00 bits per heavy atom. The SMILES string of the molecule is O=C(N[C@@H](Cc1ccc(-c2ccc(F)c(Cl)c2)cc1)C(=O)N1CCCCC1)c1cc(-c2ccc(C(F)(F)F)cc2)ccc1O. The lowest BCUT2D eigenvalue weighted by atomic mass is 9.98. The Bertz CT molecular complexity index is 1650. The van der Waals surface area contributed by atoms with E-state index in [0.717, 1.165) is 48.1 Å². The van der Waals surface area contributed by atoms with Crippen molar-refractivity contribution < 1.29 is 32.3 Å². The number of likely N-dealkylation sites (tertiary alicyclic amines) is 1. The molecule has 10 heteroatoms. The maximum atomic E-state index is 13.6. The molecule has 4 aromatic carbocycles. The Balaban J connectivity index is 1.38. The fraction of sp³-hybridized carbons (Fsp3) is 0.235. The van der Waals surface area contributed by atoms with Crippen molar-refractivity contribution in [2.24, 2.45) is 0 Å².